The van der Waals surface area contributed by atoms with E-state index in [0.717, 1.165) is 24.7 Å². The fourth-order valence-electron chi connectivity index (χ4n) is 2.14. The van der Waals surface area contributed by atoms with E-state index in [1.54, 1.807) is 0 Å². The quantitative estimate of drug-likeness (QED) is 0.734. The predicted octanol–water partition coefficient (Wildman–Crippen LogP) is 2.67. The van der Waals surface area contributed by atoms with Gasteiger partial charge in [-0.2, -0.15) is 0 Å². The molecule has 1 aliphatic rings. The van der Waals surface area contributed by atoms with Crippen LogP contribution >= 0.6 is 11.6 Å². The van der Waals surface area contributed by atoms with Gasteiger partial charge in [-0.05, 0) is 31.5 Å². The first-order valence-electron chi connectivity index (χ1n) is 5.60. The normalized spacial score (nSPS) is 22.9. The van der Waals surface area contributed by atoms with Crippen molar-refractivity contribution in [1.29, 1.82) is 0 Å². The van der Waals surface area contributed by atoms with Crippen LogP contribution in [0, 0.1) is 0 Å². The molecule has 82 valence electrons. The van der Waals surface area contributed by atoms with E-state index >= 15 is 0 Å². The summed E-state index contributed by atoms with van der Waals surface area (Å²) >= 11 is 5.98. The van der Waals surface area contributed by atoms with Gasteiger partial charge in [0.05, 0.1) is 5.69 Å². The van der Waals surface area contributed by atoms with E-state index in [0.29, 0.717) is 6.04 Å². The Bertz CT molecular complexity index is 289. The highest BCUT2D eigenvalue weighted by atomic mass is 35.5. The molecule has 3 heteroatoms. The summed E-state index contributed by atoms with van der Waals surface area (Å²) < 4.78 is 0. The molecule has 0 saturated carbocycles. The molecule has 2 nitrogen and oxygen atoms in total. The van der Waals surface area contributed by atoms with Crippen LogP contribution in [0.5, 0.6) is 0 Å². The van der Waals surface area contributed by atoms with E-state index in [1.807, 2.05) is 18.3 Å². The minimum Gasteiger partial charge on any atom is -0.293 e. The summed E-state index contributed by atoms with van der Waals surface area (Å²) in [6, 6.07) is 6.63. The Morgan fingerprint density at radius 1 is 1.40 bits per heavy atom. The van der Waals surface area contributed by atoms with E-state index in [1.165, 1.54) is 19.3 Å². The highest BCUT2D eigenvalue weighted by Crippen LogP contribution is 2.19. The van der Waals surface area contributed by atoms with Gasteiger partial charge in [0, 0.05) is 24.7 Å². The third-order valence-electron chi connectivity index (χ3n) is 3.02. The van der Waals surface area contributed by atoms with Crippen molar-refractivity contribution in [3.05, 3.63) is 30.1 Å². The lowest BCUT2D eigenvalue weighted by atomic mass is 10.0. The van der Waals surface area contributed by atoms with E-state index in [9.17, 15) is 0 Å². The van der Waals surface area contributed by atoms with Gasteiger partial charge in [-0.3, -0.25) is 9.88 Å². The Morgan fingerprint density at radius 2 is 2.33 bits per heavy atom. The van der Waals surface area contributed by atoms with Crippen LogP contribution in [-0.4, -0.2) is 28.4 Å². The zero-order valence-corrected chi connectivity index (χ0v) is 9.66. The lowest BCUT2D eigenvalue weighted by Crippen LogP contribution is -2.40. The molecule has 1 unspecified atom stereocenters. The highest BCUT2D eigenvalue weighted by Gasteiger charge is 2.21. The van der Waals surface area contributed by atoms with E-state index < -0.39 is 0 Å². The summed E-state index contributed by atoms with van der Waals surface area (Å²) in [5, 5.41) is 0. The summed E-state index contributed by atoms with van der Waals surface area (Å²) in [6.45, 7) is 2.10. The highest BCUT2D eigenvalue weighted by molar-refractivity contribution is 6.18. The number of piperidine rings is 1. The topological polar surface area (TPSA) is 16.1 Å². The standard InChI is InChI=1S/C12H17ClN2/c13-9-12-6-2-4-8-15(12)10-11-5-1-3-7-14-11/h1,3,5,7,12H,2,4,6,8-10H2. The van der Waals surface area contributed by atoms with Gasteiger partial charge in [-0.15, -0.1) is 11.6 Å². The molecule has 0 amide bonds. The number of aromatic nitrogens is 1. The average molecular weight is 225 g/mol. The molecule has 0 radical (unpaired) electrons. The first kappa shape index (κ1) is 10.9. The zero-order valence-electron chi connectivity index (χ0n) is 8.90. The average Bonchev–Trinajstić information content (AvgIpc) is 2.31. The molecule has 1 aromatic heterocycles. The maximum atomic E-state index is 5.98. The summed E-state index contributed by atoms with van der Waals surface area (Å²) in [6.07, 6.45) is 5.70. The molecule has 0 aliphatic carbocycles. The molecule has 0 aromatic carbocycles. The van der Waals surface area contributed by atoms with Gasteiger partial charge in [-0.25, -0.2) is 0 Å². The minimum atomic E-state index is 0.544. The van der Waals surface area contributed by atoms with Crippen molar-refractivity contribution >= 4 is 11.6 Å². The maximum absolute atomic E-state index is 5.98. The molecular formula is C12H17ClN2. The Labute approximate surface area is 96.3 Å². The predicted molar refractivity (Wildman–Crippen MR) is 63.0 cm³/mol. The van der Waals surface area contributed by atoms with Crippen LogP contribution < -0.4 is 0 Å². The van der Waals surface area contributed by atoms with Crippen LogP contribution in [0.25, 0.3) is 0 Å². The Hall–Kier alpha value is -0.600. The lowest BCUT2D eigenvalue weighted by Gasteiger charge is -2.34. The molecule has 0 bridgehead atoms. The number of alkyl halides is 1. The fraction of sp³-hybridized carbons (Fsp3) is 0.583. The van der Waals surface area contributed by atoms with Crippen molar-refractivity contribution in [3.63, 3.8) is 0 Å². The third-order valence-corrected chi connectivity index (χ3v) is 3.37. The van der Waals surface area contributed by atoms with Gasteiger partial charge in [-0.1, -0.05) is 12.5 Å². The Balaban J connectivity index is 1.97. The second kappa shape index (κ2) is 5.47. The lowest BCUT2D eigenvalue weighted by molar-refractivity contribution is 0.153. The van der Waals surface area contributed by atoms with E-state index in [2.05, 4.69) is 16.0 Å². The monoisotopic (exact) mass is 224 g/mol. The van der Waals surface area contributed by atoms with Crippen molar-refractivity contribution < 1.29 is 0 Å². The number of halogens is 1. The number of likely N-dealkylation sites (tertiary alicyclic amines) is 1. The van der Waals surface area contributed by atoms with Gasteiger partial charge >= 0.3 is 0 Å². The van der Waals surface area contributed by atoms with Crippen molar-refractivity contribution in [2.45, 2.75) is 31.8 Å². The number of hydrogen-bond donors (Lipinski definition) is 0. The summed E-state index contributed by atoms with van der Waals surface area (Å²) in [4.78, 5) is 6.81. The SMILES string of the molecule is ClCC1CCCCN1Cc1ccccn1. The Kier molecular flexibility index (Phi) is 3.98. The van der Waals surface area contributed by atoms with Gasteiger partial charge in [0.1, 0.15) is 0 Å². The largest absolute Gasteiger partial charge is 0.293 e. The Morgan fingerprint density at radius 3 is 3.07 bits per heavy atom. The third kappa shape index (κ3) is 2.93. The molecule has 2 heterocycles. The molecule has 1 aliphatic heterocycles. The molecule has 15 heavy (non-hydrogen) atoms. The van der Waals surface area contributed by atoms with Crippen molar-refractivity contribution in [1.82, 2.24) is 9.88 Å². The van der Waals surface area contributed by atoms with Crippen molar-refractivity contribution in [2.75, 3.05) is 12.4 Å². The zero-order chi connectivity index (χ0) is 10.5. The van der Waals surface area contributed by atoms with Gasteiger partial charge in [0.25, 0.3) is 0 Å². The van der Waals surface area contributed by atoms with Crippen LogP contribution in [0.4, 0.5) is 0 Å². The van der Waals surface area contributed by atoms with Gasteiger partial charge in [0.2, 0.25) is 0 Å². The second-order valence-electron chi connectivity index (χ2n) is 4.10. The molecule has 1 saturated heterocycles. The van der Waals surface area contributed by atoms with Gasteiger partial charge in [0.15, 0.2) is 0 Å². The van der Waals surface area contributed by atoms with Crippen LogP contribution in [-0.2, 0) is 6.54 Å². The summed E-state index contributed by atoms with van der Waals surface area (Å²) in [7, 11) is 0. The summed E-state index contributed by atoms with van der Waals surface area (Å²) in [5.74, 6) is 0.743. The molecule has 1 atom stereocenters. The number of hydrogen-bond acceptors (Lipinski definition) is 2. The number of rotatable bonds is 3. The fourth-order valence-corrected chi connectivity index (χ4v) is 2.49. The molecular weight excluding hydrogens is 208 g/mol. The van der Waals surface area contributed by atoms with Crippen LogP contribution in [0.15, 0.2) is 24.4 Å². The smallest absolute Gasteiger partial charge is 0.0544 e. The molecule has 1 fully saturated rings. The van der Waals surface area contributed by atoms with Crippen LogP contribution in [0.3, 0.4) is 0 Å². The van der Waals surface area contributed by atoms with Crippen LogP contribution in [0.1, 0.15) is 25.0 Å². The second-order valence-corrected chi connectivity index (χ2v) is 4.40. The first-order chi connectivity index (χ1) is 7.40. The first-order valence-corrected chi connectivity index (χ1v) is 6.13. The van der Waals surface area contributed by atoms with E-state index in [-0.39, 0.29) is 0 Å². The number of pyridine rings is 1. The van der Waals surface area contributed by atoms with E-state index in [4.69, 9.17) is 11.6 Å². The molecule has 1 aromatic rings. The van der Waals surface area contributed by atoms with Crippen LogP contribution in [0.2, 0.25) is 0 Å². The van der Waals surface area contributed by atoms with Crippen molar-refractivity contribution in [3.8, 4) is 0 Å². The summed E-state index contributed by atoms with van der Waals surface area (Å²) in [5.41, 5.74) is 1.15. The molecule has 0 spiro atoms. The van der Waals surface area contributed by atoms with Gasteiger partial charge < -0.3 is 0 Å². The number of nitrogens with zero attached hydrogens (tertiary/aromatic N) is 2. The minimum absolute atomic E-state index is 0.544. The molecule has 0 N–H and O–H groups in total. The molecule has 2 rings (SSSR count). The maximum Gasteiger partial charge on any atom is 0.0544 e. The van der Waals surface area contributed by atoms with Crippen molar-refractivity contribution in [2.24, 2.45) is 0 Å².